The number of ether oxygens (including phenoxy) is 3. The number of hydrogen-bond acceptors (Lipinski definition) is 8. The van der Waals surface area contributed by atoms with Crippen LogP contribution >= 0.6 is 17.0 Å². The van der Waals surface area contributed by atoms with Crippen molar-refractivity contribution in [1.82, 2.24) is 4.90 Å². The lowest BCUT2D eigenvalue weighted by atomic mass is 9.84. The van der Waals surface area contributed by atoms with Crippen LogP contribution in [0, 0.1) is 28.5 Å². The molecule has 2 aromatic carbocycles. The van der Waals surface area contributed by atoms with Crippen molar-refractivity contribution < 1.29 is 33.3 Å². The molecule has 0 saturated carbocycles. The third kappa shape index (κ3) is 7.87. The van der Waals surface area contributed by atoms with Gasteiger partial charge in [0, 0.05) is 43.1 Å². The van der Waals surface area contributed by atoms with E-state index in [1.54, 1.807) is 6.07 Å². The van der Waals surface area contributed by atoms with Gasteiger partial charge >= 0.3 is 5.97 Å². The highest BCUT2D eigenvalue weighted by atomic mass is 79.9. The van der Waals surface area contributed by atoms with Crippen molar-refractivity contribution in [2.24, 2.45) is 5.92 Å². The average Bonchev–Trinajstić information content (AvgIpc) is 3.30. The number of carbonyl (C=O) groups excluding carboxylic acids is 1. The van der Waals surface area contributed by atoms with E-state index in [1.807, 2.05) is 32.9 Å². The summed E-state index contributed by atoms with van der Waals surface area (Å²) in [5.41, 5.74) is 2.28. The predicted octanol–water partition coefficient (Wildman–Crippen LogP) is 6.12. The van der Waals surface area contributed by atoms with Crippen LogP contribution in [0.5, 0.6) is 17.2 Å². The number of nitriles is 1. The number of rotatable bonds is 12. The molecule has 45 heavy (non-hydrogen) atoms. The SMILES string of the molecule is Br.COc1cc2c(c(F)c1OC)C(=N)N(CC(=O)c1cc(N3CCC(C#N)CC3)c(OCCCCC(=O)O)c(C(C)(C)C)c1)C2. The number of piperidine rings is 1. The second-order valence-electron chi connectivity index (χ2n) is 12.3. The van der Waals surface area contributed by atoms with Gasteiger partial charge in [0.15, 0.2) is 23.1 Å². The predicted molar refractivity (Wildman–Crippen MR) is 174 cm³/mol. The summed E-state index contributed by atoms with van der Waals surface area (Å²) >= 11 is 0. The van der Waals surface area contributed by atoms with Crippen LogP contribution in [0.4, 0.5) is 10.1 Å². The zero-order valence-corrected chi connectivity index (χ0v) is 28.2. The van der Waals surface area contributed by atoms with Gasteiger partial charge < -0.3 is 29.1 Å². The van der Waals surface area contributed by atoms with E-state index in [2.05, 4.69) is 11.0 Å². The van der Waals surface area contributed by atoms with Gasteiger partial charge in [-0.2, -0.15) is 5.26 Å². The van der Waals surface area contributed by atoms with Crippen LogP contribution in [-0.4, -0.2) is 68.1 Å². The van der Waals surface area contributed by atoms with Crippen molar-refractivity contribution in [2.45, 2.75) is 64.8 Å². The molecule has 1 fully saturated rings. The number of nitrogens with zero attached hydrogens (tertiary/aromatic N) is 3. The summed E-state index contributed by atoms with van der Waals surface area (Å²) in [6, 6.07) is 7.64. The number of anilines is 1. The molecule has 0 aromatic heterocycles. The Morgan fingerprint density at radius 3 is 2.38 bits per heavy atom. The quantitative estimate of drug-likeness (QED) is 0.200. The molecule has 2 aromatic rings. The second kappa shape index (κ2) is 15.0. The number of carbonyl (C=O) groups is 2. The molecule has 2 aliphatic rings. The Morgan fingerprint density at radius 2 is 1.80 bits per heavy atom. The van der Waals surface area contributed by atoms with Crippen molar-refractivity contribution in [3.8, 4) is 23.3 Å². The Balaban J connectivity index is 0.00000552. The van der Waals surface area contributed by atoms with E-state index in [-0.39, 0.29) is 71.1 Å². The van der Waals surface area contributed by atoms with Gasteiger partial charge in [-0.25, -0.2) is 4.39 Å². The van der Waals surface area contributed by atoms with Gasteiger partial charge in [-0.05, 0) is 54.9 Å². The summed E-state index contributed by atoms with van der Waals surface area (Å²) < 4.78 is 32.1. The van der Waals surface area contributed by atoms with E-state index in [4.69, 9.17) is 24.7 Å². The van der Waals surface area contributed by atoms with Crippen LogP contribution in [-0.2, 0) is 16.8 Å². The Labute approximate surface area is 274 Å². The molecule has 0 unspecified atom stereocenters. The Morgan fingerprint density at radius 1 is 1.11 bits per heavy atom. The minimum atomic E-state index is -0.848. The Bertz CT molecular complexity index is 1480. The van der Waals surface area contributed by atoms with Crippen molar-refractivity contribution in [2.75, 3.05) is 45.4 Å². The third-order valence-corrected chi connectivity index (χ3v) is 8.19. The molecule has 0 spiro atoms. The highest BCUT2D eigenvalue weighted by molar-refractivity contribution is 8.93. The number of fused-ring (bicyclic) bond motifs is 1. The molecular formula is C33H42BrFN4O6. The fourth-order valence-corrected chi connectivity index (χ4v) is 5.74. The number of unbranched alkanes of at least 4 members (excludes halogenated alkanes) is 1. The molecule has 4 rings (SSSR count). The summed E-state index contributed by atoms with van der Waals surface area (Å²) in [4.78, 5) is 28.5. The number of carboxylic acids is 1. The van der Waals surface area contributed by atoms with Crippen LogP contribution in [0.15, 0.2) is 18.2 Å². The molecule has 0 aliphatic carbocycles. The van der Waals surface area contributed by atoms with Crippen molar-refractivity contribution in [3.05, 3.63) is 46.3 Å². The van der Waals surface area contributed by atoms with Gasteiger partial charge in [0.1, 0.15) is 11.6 Å². The van der Waals surface area contributed by atoms with Crippen molar-refractivity contribution in [3.63, 3.8) is 0 Å². The first-order valence-corrected chi connectivity index (χ1v) is 14.9. The van der Waals surface area contributed by atoms with Crippen molar-refractivity contribution >= 4 is 40.3 Å². The summed E-state index contributed by atoms with van der Waals surface area (Å²) in [6.45, 7) is 7.74. The lowest BCUT2D eigenvalue weighted by Gasteiger charge is -2.35. The molecule has 0 amide bonds. The number of ketones is 1. The molecule has 2 N–H and O–H groups in total. The van der Waals surface area contributed by atoms with E-state index in [0.29, 0.717) is 62.3 Å². The first kappa shape index (κ1) is 35.6. The second-order valence-corrected chi connectivity index (χ2v) is 12.3. The monoisotopic (exact) mass is 688 g/mol. The zero-order chi connectivity index (χ0) is 32.2. The molecule has 0 bridgehead atoms. The normalized spacial score (nSPS) is 14.8. The van der Waals surface area contributed by atoms with E-state index in [9.17, 15) is 14.9 Å². The van der Waals surface area contributed by atoms with Crippen LogP contribution < -0.4 is 19.1 Å². The zero-order valence-electron chi connectivity index (χ0n) is 26.5. The number of amidine groups is 1. The Hall–Kier alpha value is -3.85. The minimum absolute atomic E-state index is 0. The number of hydrogen-bond donors (Lipinski definition) is 2. The van der Waals surface area contributed by atoms with Crippen LogP contribution in [0.1, 0.15) is 79.9 Å². The molecule has 0 atom stereocenters. The minimum Gasteiger partial charge on any atom is -0.493 e. The molecular weight excluding hydrogens is 647 g/mol. The topological polar surface area (TPSA) is 136 Å². The van der Waals surface area contributed by atoms with E-state index in [0.717, 1.165) is 11.3 Å². The van der Waals surface area contributed by atoms with Gasteiger partial charge in [-0.15, -0.1) is 17.0 Å². The van der Waals surface area contributed by atoms with E-state index in [1.165, 1.54) is 19.1 Å². The van der Waals surface area contributed by atoms with Gasteiger partial charge in [-0.3, -0.25) is 15.0 Å². The average molecular weight is 690 g/mol. The molecule has 244 valence electrons. The summed E-state index contributed by atoms with van der Waals surface area (Å²) in [5.74, 6) is -1.09. The maximum atomic E-state index is 15.3. The molecule has 12 heteroatoms. The number of methoxy groups -OCH3 is 2. The maximum absolute atomic E-state index is 15.3. The maximum Gasteiger partial charge on any atom is 0.303 e. The van der Waals surface area contributed by atoms with Gasteiger partial charge in [-0.1, -0.05) is 20.8 Å². The largest absolute Gasteiger partial charge is 0.493 e. The smallest absolute Gasteiger partial charge is 0.303 e. The van der Waals surface area contributed by atoms with Gasteiger partial charge in [0.2, 0.25) is 0 Å². The molecule has 10 nitrogen and oxygen atoms in total. The summed E-state index contributed by atoms with van der Waals surface area (Å²) in [5, 5.41) is 27.1. The first-order valence-electron chi connectivity index (χ1n) is 14.9. The lowest BCUT2D eigenvalue weighted by Crippen LogP contribution is -2.34. The number of carboxylic acid groups (broad SMARTS) is 1. The van der Waals surface area contributed by atoms with E-state index < -0.39 is 17.2 Å². The lowest BCUT2D eigenvalue weighted by molar-refractivity contribution is -0.137. The number of Topliss-reactive ketones (excluding diaryl/α,β-unsaturated/α-hetero) is 1. The first-order chi connectivity index (χ1) is 20.9. The number of halogens is 2. The molecule has 2 heterocycles. The van der Waals surface area contributed by atoms with Crippen LogP contribution in [0.3, 0.4) is 0 Å². The fraction of sp³-hybridized carbons (Fsp3) is 0.515. The van der Waals surface area contributed by atoms with Crippen LogP contribution in [0.25, 0.3) is 0 Å². The Kier molecular flexibility index (Phi) is 11.8. The van der Waals surface area contributed by atoms with Gasteiger partial charge in [0.25, 0.3) is 0 Å². The number of nitrogens with one attached hydrogen (secondary N) is 1. The summed E-state index contributed by atoms with van der Waals surface area (Å²) in [7, 11) is 2.76. The number of aliphatic carboxylic acids is 1. The molecule has 0 radical (unpaired) electrons. The standard InChI is InChI=1S/C33H41FN4O6.BrH/c1-33(2,3)23-14-21(25(39)19-38-18-22-16-26(42-4)31(43-5)29(34)28(22)32(38)36)15-24(37-11-9-20(17-35)10-12-37)30(23)44-13-7-6-8-27(40)41;/h14-16,20,36H,6-13,18-19H2,1-5H3,(H,40,41);1H. The third-order valence-electron chi connectivity index (χ3n) is 8.19. The molecule has 1 saturated heterocycles. The van der Waals surface area contributed by atoms with Crippen LogP contribution in [0.2, 0.25) is 0 Å². The molecule has 2 aliphatic heterocycles. The highest BCUT2D eigenvalue weighted by Crippen LogP contribution is 2.42. The van der Waals surface area contributed by atoms with Gasteiger partial charge in [0.05, 0.1) is 44.7 Å². The summed E-state index contributed by atoms with van der Waals surface area (Å²) in [6.07, 6.45) is 2.51. The fourth-order valence-electron chi connectivity index (χ4n) is 5.74. The highest BCUT2D eigenvalue weighted by Gasteiger charge is 2.34. The van der Waals surface area contributed by atoms with Crippen molar-refractivity contribution in [1.29, 1.82) is 10.7 Å². The number of benzene rings is 2. The van der Waals surface area contributed by atoms with E-state index >= 15 is 4.39 Å².